The summed E-state index contributed by atoms with van der Waals surface area (Å²) in [6, 6.07) is 2.94. The van der Waals surface area contributed by atoms with E-state index >= 15 is 0 Å². The lowest BCUT2D eigenvalue weighted by Crippen LogP contribution is -2.36. The normalized spacial score (nSPS) is 12.2. The van der Waals surface area contributed by atoms with Crippen LogP contribution in [0.5, 0.6) is 0 Å². The van der Waals surface area contributed by atoms with Crippen LogP contribution >= 0.6 is 0 Å². The number of hydrogen-bond acceptors (Lipinski definition) is 3. The quantitative estimate of drug-likeness (QED) is 0.710. The van der Waals surface area contributed by atoms with Gasteiger partial charge in [-0.1, -0.05) is 13.8 Å². The van der Waals surface area contributed by atoms with Gasteiger partial charge < -0.3 is 15.4 Å². The number of rotatable bonds is 6. The Balaban J connectivity index is 2.65. The first-order chi connectivity index (χ1) is 8.91. The van der Waals surface area contributed by atoms with Crippen LogP contribution in [0.2, 0.25) is 0 Å². The molecule has 0 bridgehead atoms. The van der Waals surface area contributed by atoms with E-state index in [0.29, 0.717) is 6.42 Å². The van der Waals surface area contributed by atoms with Crippen LogP contribution in [0.4, 0.5) is 0 Å². The van der Waals surface area contributed by atoms with Gasteiger partial charge in [0.05, 0.1) is 5.92 Å². The van der Waals surface area contributed by atoms with Crippen LogP contribution in [0.1, 0.15) is 30.6 Å². The fourth-order valence-corrected chi connectivity index (χ4v) is 1.75. The molecule has 1 atom stereocenters. The van der Waals surface area contributed by atoms with E-state index in [1.54, 1.807) is 6.07 Å². The Morgan fingerprint density at radius 1 is 1.42 bits per heavy atom. The van der Waals surface area contributed by atoms with E-state index in [9.17, 15) is 14.4 Å². The van der Waals surface area contributed by atoms with Crippen LogP contribution in [0.15, 0.2) is 23.1 Å². The van der Waals surface area contributed by atoms with Gasteiger partial charge in [-0.05, 0) is 24.5 Å². The number of carbonyl (C=O) groups excluding carboxylic acids is 1. The van der Waals surface area contributed by atoms with E-state index in [1.165, 1.54) is 12.3 Å². The van der Waals surface area contributed by atoms with Gasteiger partial charge in [-0.2, -0.15) is 0 Å². The van der Waals surface area contributed by atoms with E-state index in [2.05, 4.69) is 10.3 Å². The molecule has 3 N–H and O–H groups in total. The molecular formula is C13H18N2O4. The lowest BCUT2D eigenvalue weighted by Gasteiger charge is -2.15. The largest absolute Gasteiger partial charge is 0.481 e. The lowest BCUT2D eigenvalue weighted by molar-refractivity contribution is -0.142. The molecule has 0 aromatic carbocycles. The smallest absolute Gasteiger partial charge is 0.308 e. The minimum absolute atomic E-state index is 0.0146. The van der Waals surface area contributed by atoms with Crippen molar-refractivity contribution in [3.05, 3.63) is 34.2 Å². The first-order valence-electron chi connectivity index (χ1n) is 6.10. The van der Waals surface area contributed by atoms with Gasteiger partial charge in [0, 0.05) is 12.7 Å². The minimum Gasteiger partial charge on any atom is -0.481 e. The number of amides is 1. The molecule has 1 aromatic heterocycles. The highest BCUT2D eigenvalue weighted by Gasteiger charge is 2.20. The number of carboxylic acid groups (broad SMARTS) is 1. The Kier molecular flexibility index (Phi) is 5.29. The molecule has 0 radical (unpaired) electrons. The molecule has 6 heteroatoms. The molecule has 0 aliphatic rings. The number of carbonyl (C=O) groups is 2. The minimum atomic E-state index is -0.948. The van der Waals surface area contributed by atoms with Gasteiger partial charge in [0.2, 0.25) is 0 Å². The number of pyridine rings is 1. The molecule has 19 heavy (non-hydrogen) atoms. The zero-order valence-corrected chi connectivity index (χ0v) is 11.0. The maximum absolute atomic E-state index is 11.8. The van der Waals surface area contributed by atoms with Gasteiger partial charge in [-0.25, -0.2) is 0 Å². The zero-order chi connectivity index (χ0) is 14.4. The van der Waals surface area contributed by atoms with Gasteiger partial charge in [0.1, 0.15) is 5.56 Å². The van der Waals surface area contributed by atoms with Gasteiger partial charge in [-0.3, -0.25) is 14.4 Å². The summed E-state index contributed by atoms with van der Waals surface area (Å²) < 4.78 is 0. The Morgan fingerprint density at radius 2 is 2.11 bits per heavy atom. The van der Waals surface area contributed by atoms with E-state index < -0.39 is 23.4 Å². The molecule has 0 aliphatic carbocycles. The van der Waals surface area contributed by atoms with Crippen molar-refractivity contribution in [3.8, 4) is 0 Å². The van der Waals surface area contributed by atoms with Crippen molar-refractivity contribution < 1.29 is 14.7 Å². The fraction of sp³-hybridized carbons (Fsp3) is 0.462. The number of aromatic nitrogens is 1. The second-order valence-electron chi connectivity index (χ2n) is 4.79. The molecular weight excluding hydrogens is 248 g/mol. The molecule has 1 heterocycles. The standard InChI is InChI=1S/C13H18N2O4/c1-8(2)6-9(13(18)19)7-15-12(17)10-4-3-5-14-11(10)16/h3-5,8-9H,6-7H2,1-2H3,(H,14,16)(H,15,17)(H,18,19). The van der Waals surface area contributed by atoms with Crippen molar-refractivity contribution in [1.29, 1.82) is 0 Å². The second-order valence-corrected chi connectivity index (χ2v) is 4.79. The van der Waals surface area contributed by atoms with Gasteiger partial charge >= 0.3 is 5.97 Å². The Labute approximate surface area is 110 Å². The van der Waals surface area contributed by atoms with Crippen LogP contribution in [-0.4, -0.2) is 28.5 Å². The summed E-state index contributed by atoms with van der Waals surface area (Å²) in [4.78, 5) is 36.6. The van der Waals surface area contributed by atoms with E-state index in [4.69, 9.17) is 5.11 Å². The SMILES string of the molecule is CC(C)CC(CNC(=O)c1ccc[nH]c1=O)C(=O)O. The molecule has 6 nitrogen and oxygen atoms in total. The summed E-state index contributed by atoms with van der Waals surface area (Å²) in [6.07, 6.45) is 1.90. The van der Waals surface area contributed by atoms with Crippen LogP contribution in [0.25, 0.3) is 0 Å². The van der Waals surface area contributed by atoms with E-state index in [1.807, 2.05) is 13.8 Å². The van der Waals surface area contributed by atoms with Crippen LogP contribution in [0, 0.1) is 11.8 Å². The van der Waals surface area contributed by atoms with Crippen molar-refractivity contribution in [3.63, 3.8) is 0 Å². The van der Waals surface area contributed by atoms with E-state index in [-0.39, 0.29) is 18.0 Å². The predicted octanol–water partition coefficient (Wildman–Crippen LogP) is 0.852. The highest BCUT2D eigenvalue weighted by atomic mass is 16.4. The van der Waals surface area contributed by atoms with Crippen LogP contribution in [0.3, 0.4) is 0 Å². The molecule has 0 fully saturated rings. The lowest BCUT2D eigenvalue weighted by atomic mass is 9.97. The molecule has 0 saturated carbocycles. The molecule has 1 rings (SSSR count). The fourth-order valence-electron chi connectivity index (χ4n) is 1.75. The van der Waals surface area contributed by atoms with Crippen molar-refractivity contribution >= 4 is 11.9 Å². The topological polar surface area (TPSA) is 99.3 Å². The first-order valence-corrected chi connectivity index (χ1v) is 6.10. The van der Waals surface area contributed by atoms with Gasteiger partial charge in [0.25, 0.3) is 11.5 Å². The summed E-state index contributed by atoms with van der Waals surface area (Å²) in [6.45, 7) is 3.85. The maximum Gasteiger partial charge on any atom is 0.308 e. The van der Waals surface area contributed by atoms with Crippen LogP contribution in [-0.2, 0) is 4.79 Å². The van der Waals surface area contributed by atoms with Crippen molar-refractivity contribution in [2.45, 2.75) is 20.3 Å². The van der Waals surface area contributed by atoms with Crippen molar-refractivity contribution in [1.82, 2.24) is 10.3 Å². The number of hydrogen-bond donors (Lipinski definition) is 3. The van der Waals surface area contributed by atoms with Crippen LogP contribution < -0.4 is 10.9 Å². The number of nitrogens with one attached hydrogen (secondary N) is 2. The average molecular weight is 266 g/mol. The molecule has 0 aliphatic heterocycles. The monoisotopic (exact) mass is 266 g/mol. The number of H-pyrrole nitrogens is 1. The average Bonchev–Trinajstić information content (AvgIpc) is 2.34. The predicted molar refractivity (Wildman–Crippen MR) is 70.0 cm³/mol. The molecule has 1 unspecified atom stereocenters. The highest BCUT2D eigenvalue weighted by molar-refractivity contribution is 5.93. The number of aromatic amines is 1. The third-order valence-corrected chi connectivity index (χ3v) is 2.68. The zero-order valence-electron chi connectivity index (χ0n) is 11.0. The molecule has 1 aromatic rings. The molecule has 0 spiro atoms. The number of aliphatic carboxylic acids is 1. The maximum atomic E-state index is 11.8. The van der Waals surface area contributed by atoms with Gasteiger partial charge in [-0.15, -0.1) is 0 Å². The summed E-state index contributed by atoms with van der Waals surface area (Å²) >= 11 is 0. The number of carboxylic acids is 1. The van der Waals surface area contributed by atoms with E-state index in [0.717, 1.165) is 0 Å². The molecule has 0 saturated heterocycles. The summed E-state index contributed by atoms with van der Waals surface area (Å²) in [5.41, 5.74) is -0.507. The third-order valence-electron chi connectivity index (χ3n) is 2.68. The highest BCUT2D eigenvalue weighted by Crippen LogP contribution is 2.11. The Morgan fingerprint density at radius 3 is 2.63 bits per heavy atom. The first kappa shape index (κ1) is 14.9. The van der Waals surface area contributed by atoms with Gasteiger partial charge in [0.15, 0.2) is 0 Å². The summed E-state index contributed by atoms with van der Waals surface area (Å²) in [5.74, 6) is -1.93. The Hall–Kier alpha value is -2.11. The molecule has 1 amide bonds. The second kappa shape index (κ2) is 6.72. The van der Waals surface area contributed by atoms with Crippen molar-refractivity contribution in [2.75, 3.05) is 6.54 Å². The third kappa shape index (κ3) is 4.57. The summed E-state index contributed by atoms with van der Waals surface area (Å²) in [5, 5.41) is 11.5. The summed E-state index contributed by atoms with van der Waals surface area (Å²) in [7, 11) is 0. The van der Waals surface area contributed by atoms with Crippen molar-refractivity contribution in [2.24, 2.45) is 11.8 Å². The Bertz CT molecular complexity index is 507. The molecule has 104 valence electrons.